The monoisotopic (exact) mass is 331 g/mol. The smallest absolute Gasteiger partial charge is 0.335 e. The summed E-state index contributed by atoms with van der Waals surface area (Å²) in [6.45, 7) is 2.81. The maximum Gasteiger partial charge on any atom is 0.335 e. The molecule has 0 atom stereocenters. The zero-order valence-corrected chi connectivity index (χ0v) is 14.7. The van der Waals surface area contributed by atoms with Crippen molar-refractivity contribution < 1.29 is 14.6 Å². The van der Waals surface area contributed by atoms with Gasteiger partial charge in [-0.1, -0.05) is 64.7 Å². The molecule has 4 nitrogen and oxygen atoms in total. The van der Waals surface area contributed by atoms with E-state index >= 15 is 0 Å². The fraction of sp³-hybridized carbons (Fsp3) is 0.600. The second kappa shape index (κ2) is 12.4. The molecule has 0 heterocycles. The number of nitrogens with zero attached hydrogens (tertiary/aromatic N) is 1. The van der Waals surface area contributed by atoms with Crippen LogP contribution in [0.3, 0.4) is 0 Å². The number of carboxylic acid groups (broad SMARTS) is 1. The van der Waals surface area contributed by atoms with Crippen molar-refractivity contribution in [3.8, 4) is 11.8 Å². The molecule has 0 aliphatic heterocycles. The highest BCUT2D eigenvalue weighted by Gasteiger charge is 2.09. The van der Waals surface area contributed by atoms with E-state index < -0.39 is 5.97 Å². The quantitative estimate of drug-likeness (QED) is 0.481. The highest BCUT2D eigenvalue weighted by atomic mass is 16.5. The Morgan fingerprint density at radius 2 is 1.62 bits per heavy atom. The second-order valence-corrected chi connectivity index (χ2v) is 6.16. The van der Waals surface area contributed by atoms with E-state index in [1.54, 1.807) is 6.07 Å². The van der Waals surface area contributed by atoms with Gasteiger partial charge in [-0.15, -0.1) is 0 Å². The maximum atomic E-state index is 10.9. The van der Waals surface area contributed by atoms with Crippen molar-refractivity contribution >= 4 is 5.97 Å². The van der Waals surface area contributed by atoms with Gasteiger partial charge in [0.25, 0.3) is 0 Å². The third kappa shape index (κ3) is 8.01. The highest BCUT2D eigenvalue weighted by Crippen LogP contribution is 2.20. The zero-order chi connectivity index (χ0) is 17.6. The number of hydrogen-bond donors (Lipinski definition) is 1. The van der Waals surface area contributed by atoms with E-state index in [2.05, 4.69) is 6.92 Å². The van der Waals surface area contributed by atoms with Gasteiger partial charge < -0.3 is 9.84 Å². The van der Waals surface area contributed by atoms with Crippen LogP contribution in [0, 0.1) is 11.3 Å². The summed E-state index contributed by atoms with van der Waals surface area (Å²) >= 11 is 0. The predicted molar refractivity (Wildman–Crippen MR) is 95.5 cm³/mol. The Bertz CT molecular complexity index is 534. The van der Waals surface area contributed by atoms with Crippen molar-refractivity contribution in [1.82, 2.24) is 0 Å². The standard InChI is InChI=1S/C20H29NO3/c1-2-3-4-5-6-7-8-9-10-11-14-24-19-13-12-17(20(22)23)15-18(19)16-21/h12-13,15H,2-11,14H2,1H3,(H,22,23). The number of ether oxygens (including phenoxy) is 1. The molecule has 0 saturated heterocycles. The van der Waals surface area contributed by atoms with Crippen LogP contribution in [0.4, 0.5) is 0 Å². The third-order valence-corrected chi connectivity index (χ3v) is 4.10. The summed E-state index contributed by atoms with van der Waals surface area (Å²) in [7, 11) is 0. The van der Waals surface area contributed by atoms with Crippen molar-refractivity contribution in [3.05, 3.63) is 29.3 Å². The van der Waals surface area contributed by atoms with Gasteiger partial charge in [-0.3, -0.25) is 0 Å². The van der Waals surface area contributed by atoms with E-state index in [1.807, 2.05) is 6.07 Å². The number of aromatic carboxylic acids is 1. The number of benzene rings is 1. The van der Waals surface area contributed by atoms with E-state index in [4.69, 9.17) is 15.1 Å². The average Bonchev–Trinajstić information content (AvgIpc) is 2.59. The molecular weight excluding hydrogens is 302 g/mol. The van der Waals surface area contributed by atoms with E-state index in [1.165, 1.54) is 63.5 Å². The molecule has 0 amide bonds. The summed E-state index contributed by atoms with van der Waals surface area (Å²) in [5.74, 6) is -0.564. The van der Waals surface area contributed by atoms with Crippen molar-refractivity contribution in [2.45, 2.75) is 71.1 Å². The summed E-state index contributed by atoms with van der Waals surface area (Å²) in [4.78, 5) is 10.9. The van der Waals surface area contributed by atoms with Gasteiger partial charge in [0, 0.05) is 0 Å². The summed E-state index contributed by atoms with van der Waals surface area (Å²) in [5, 5.41) is 18.0. The lowest BCUT2D eigenvalue weighted by Crippen LogP contribution is -2.02. The molecular formula is C20H29NO3. The fourth-order valence-electron chi connectivity index (χ4n) is 2.65. The molecule has 0 spiro atoms. The third-order valence-electron chi connectivity index (χ3n) is 4.10. The molecule has 0 bridgehead atoms. The van der Waals surface area contributed by atoms with Crippen molar-refractivity contribution in [1.29, 1.82) is 5.26 Å². The summed E-state index contributed by atoms with van der Waals surface area (Å²) in [5.41, 5.74) is 0.389. The first-order valence-electron chi connectivity index (χ1n) is 9.09. The predicted octanol–water partition coefficient (Wildman–Crippen LogP) is 5.56. The van der Waals surface area contributed by atoms with Gasteiger partial charge in [0.1, 0.15) is 11.8 Å². The number of hydrogen-bond acceptors (Lipinski definition) is 3. The van der Waals surface area contributed by atoms with Crippen LogP contribution in [0.1, 0.15) is 87.1 Å². The highest BCUT2D eigenvalue weighted by molar-refractivity contribution is 5.88. The van der Waals surface area contributed by atoms with Gasteiger partial charge in [-0.05, 0) is 24.6 Å². The second-order valence-electron chi connectivity index (χ2n) is 6.16. The van der Waals surface area contributed by atoms with Crippen LogP contribution in [0.25, 0.3) is 0 Å². The Balaban J connectivity index is 2.13. The van der Waals surface area contributed by atoms with Gasteiger partial charge in [0.15, 0.2) is 0 Å². The number of carbonyl (C=O) groups is 1. The molecule has 0 fully saturated rings. The largest absolute Gasteiger partial charge is 0.492 e. The molecule has 0 radical (unpaired) electrons. The SMILES string of the molecule is CCCCCCCCCCCCOc1ccc(C(=O)O)cc1C#N. The van der Waals surface area contributed by atoms with Gasteiger partial charge in [0.2, 0.25) is 0 Å². The Kier molecular flexibility index (Phi) is 10.4. The first-order chi connectivity index (χ1) is 11.7. The number of nitriles is 1. The molecule has 1 aromatic carbocycles. The summed E-state index contributed by atoms with van der Waals surface area (Å²) < 4.78 is 5.62. The molecule has 0 aliphatic carbocycles. The molecule has 0 unspecified atom stereocenters. The molecule has 0 aliphatic rings. The zero-order valence-electron chi connectivity index (χ0n) is 14.7. The van der Waals surface area contributed by atoms with Gasteiger partial charge >= 0.3 is 5.97 Å². The molecule has 24 heavy (non-hydrogen) atoms. The van der Waals surface area contributed by atoms with Crippen LogP contribution in [-0.4, -0.2) is 17.7 Å². The van der Waals surface area contributed by atoms with Crippen molar-refractivity contribution in [2.75, 3.05) is 6.61 Å². The number of carboxylic acids is 1. The molecule has 1 aromatic rings. The lowest BCUT2D eigenvalue weighted by atomic mass is 10.1. The Labute approximate surface area is 145 Å². The Morgan fingerprint density at radius 3 is 2.17 bits per heavy atom. The van der Waals surface area contributed by atoms with Crippen LogP contribution >= 0.6 is 0 Å². The van der Waals surface area contributed by atoms with Crippen LogP contribution in [0.15, 0.2) is 18.2 Å². The van der Waals surface area contributed by atoms with E-state index in [-0.39, 0.29) is 11.1 Å². The van der Waals surface area contributed by atoms with E-state index in [0.717, 1.165) is 12.8 Å². The maximum absolute atomic E-state index is 10.9. The van der Waals surface area contributed by atoms with Gasteiger partial charge in [-0.25, -0.2) is 4.79 Å². The Hall–Kier alpha value is -2.02. The molecule has 0 saturated carbocycles. The summed E-state index contributed by atoms with van der Waals surface area (Å²) in [6.07, 6.45) is 12.6. The first-order valence-corrected chi connectivity index (χ1v) is 9.09. The van der Waals surface area contributed by atoms with Crippen LogP contribution in [0.5, 0.6) is 5.75 Å². The molecule has 4 heteroatoms. The summed E-state index contributed by atoms with van der Waals surface area (Å²) in [6, 6.07) is 6.39. The number of unbranched alkanes of at least 4 members (excludes halogenated alkanes) is 9. The van der Waals surface area contributed by atoms with Gasteiger partial charge in [0.05, 0.1) is 17.7 Å². The Morgan fingerprint density at radius 1 is 1.04 bits per heavy atom. The van der Waals surface area contributed by atoms with Crippen molar-refractivity contribution in [2.24, 2.45) is 0 Å². The number of rotatable bonds is 13. The minimum Gasteiger partial charge on any atom is -0.492 e. The minimum absolute atomic E-state index is 0.109. The molecule has 1 N–H and O–H groups in total. The lowest BCUT2D eigenvalue weighted by Gasteiger charge is -2.08. The van der Waals surface area contributed by atoms with Crippen molar-refractivity contribution in [3.63, 3.8) is 0 Å². The normalized spacial score (nSPS) is 10.3. The van der Waals surface area contributed by atoms with Crippen LogP contribution < -0.4 is 4.74 Å². The molecule has 1 rings (SSSR count). The topological polar surface area (TPSA) is 70.3 Å². The molecule has 132 valence electrons. The van der Waals surface area contributed by atoms with Crippen LogP contribution in [-0.2, 0) is 0 Å². The van der Waals surface area contributed by atoms with Crippen LogP contribution in [0.2, 0.25) is 0 Å². The van der Waals surface area contributed by atoms with E-state index in [0.29, 0.717) is 12.4 Å². The first kappa shape index (κ1) is 20.0. The van der Waals surface area contributed by atoms with E-state index in [9.17, 15) is 4.79 Å². The molecule has 0 aromatic heterocycles. The van der Waals surface area contributed by atoms with Gasteiger partial charge in [-0.2, -0.15) is 5.26 Å². The average molecular weight is 331 g/mol. The minimum atomic E-state index is -1.03. The fourth-order valence-corrected chi connectivity index (χ4v) is 2.65. The lowest BCUT2D eigenvalue weighted by molar-refractivity contribution is 0.0697.